The van der Waals surface area contributed by atoms with Crippen molar-refractivity contribution in [1.29, 1.82) is 0 Å². The maximum Gasteiger partial charge on any atom is 0.0397 e. The average molecular weight is 523 g/mol. The van der Waals surface area contributed by atoms with E-state index in [-0.39, 0.29) is 0 Å². The van der Waals surface area contributed by atoms with Gasteiger partial charge in [0.05, 0.1) is 0 Å². The number of hydrogen-bond donors (Lipinski definition) is 0. The third-order valence-electron chi connectivity index (χ3n) is 1.99. The first-order chi connectivity index (χ1) is 7.00. The predicted octanol–water partition coefficient (Wildman–Crippen LogP) is 6.65. The zero-order chi connectivity index (χ0) is 11.2. The molecule has 0 amide bonds. The molecule has 0 saturated carbocycles. The van der Waals surface area contributed by atoms with Gasteiger partial charge >= 0.3 is 0 Å². The van der Waals surface area contributed by atoms with Crippen LogP contribution in [0, 0.1) is 0 Å². The van der Waals surface area contributed by atoms with E-state index in [0.717, 1.165) is 33.1 Å². The molecule has 2 aromatic carbocycles. The molecule has 0 aromatic heterocycles. The fourth-order valence-electron chi connectivity index (χ4n) is 1.36. The largest absolute Gasteiger partial charge is 0.0508 e. The number of hydrogen-bond acceptors (Lipinski definition) is 0. The van der Waals surface area contributed by atoms with Crippen LogP contribution in [0.25, 0.3) is 10.8 Å². The zero-order valence-electron chi connectivity index (χ0n) is 7.12. The molecule has 2 rings (SSSR count). The summed E-state index contributed by atoms with van der Waals surface area (Å²) in [4.78, 5) is 0. The molecule has 0 bridgehead atoms. The lowest BCUT2D eigenvalue weighted by Crippen LogP contribution is -1.81. The van der Waals surface area contributed by atoms with Crippen LogP contribution in [0.5, 0.6) is 0 Å². The van der Waals surface area contributed by atoms with Gasteiger partial charge in [-0.25, -0.2) is 0 Å². The van der Waals surface area contributed by atoms with E-state index < -0.39 is 0 Å². The summed E-state index contributed by atoms with van der Waals surface area (Å²) in [5.41, 5.74) is 0. The lowest BCUT2D eigenvalue weighted by molar-refractivity contribution is 1.58. The van der Waals surface area contributed by atoms with Crippen molar-refractivity contribution in [1.82, 2.24) is 0 Å². The quantitative estimate of drug-likeness (QED) is 0.340. The fourth-order valence-corrected chi connectivity index (χ4v) is 4.90. The van der Waals surface area contributed by atoms with Crippen LogP contribution in [-0.4, -0.2) is 0 Å². The molecule has 0 nitrogen and oxygen atoms in total. The first-order valence-electron chi connectivity index (χ1n) is 3.93. The second-order valence-electron chi connectivity index (χ2n) is 2.96. The SMILES string of the molecule is Brc1cc(Br)c2c(Br)cc(Br)c(Br)c2c1. The van der Waals surface area contributed by atoms with Crippen LogP contribution in [0.4, 0.5) is 0 Å². The molecule has 0 fully saturated rings. The smallest absolute Gasteiger partial charge is 0.0397 e. The van der Waals surface area contributed by atoms with Crippen LogP contribution in [-0.2, 0) is 0 Å². The van der Waals surface area contributed by atoms with Gasteiger partial charge in [0.25, 0.3) is 0 Å². The van der Waals surface area contributed by atoms with Crippen molar-refractivity contribution in [2.24, 2.45) is 0 Å². The second kappa shape index (κ2) is 4.77. The van der Waals surface area contributed by atoms with E-state index in [0.29, 0.717) is 0 Å². The molecule has 0 aliphatic heterocycles. The van der Waals surface area contributed by atoms with Gasteiger partial charge in [0, 0.05) is 33.1 Å². The van der Waals surface area contributed by atoms with Crippen molar-refractivity contribution in [3.63, 3.8) is 0 Å². The minimum absolute atomic E-state index is 1.03. The van der Waals surface area contributed by atoms with Gasteiger partial charge in [-0.05, 0) is 50.1 Å². The lowest BCUT2D eigenvalue weighted by Gasteiger charge is -2.08. The fraction of sp³-hybridized carbons (Fsp3) is 0. The summed E-state index contributed by atoms with van der Waals surface area (Å²) in [5.74, 6) is 0. The molecule has 15 heavy (non-hydrogen) atoms. The highest BCUT2D eigenvalue weighted by molar-refractivity contribution is 9.13. The second-order valence-corrected chi connectivity index (χ2v) is 7.24. The first-order valence-corrected chi connectivity index (χ1v) is 7.89. The topological polar surface area (TPSA) is 0 Å². The van der Waals surface area contributed by atoms with Gasteiger partial charge < -0.3 is 0 Å². The van der Waals surface area contributed by atoms with Crippen molar-refractivity contribution in [2.75, 3.05) is 0 Å². The Bertz CT molecular complexity index is 539. The zero-order valence-corrected chi connectivity index (χ0v) is 15.1. The molecule has 78 valence electrons. The van der Waals surface area contributed by atoms with Gasteiger partial charge in [-0.2, -0.15) is 0 Å². The molecule has 0 heterocycles. The number of halogens is 5. The Morgan fingerprint density at radius 3 is 1.93 bits per heavy atom. The van der Waals surface area contributed by atoms with Crippen molar-refractivity contribution in [3.05, 3.63) is 40.6 Å². The monoisotopic (exact) mass is 518 g/mol. The predicted molar refractivity (Wildman–Crippen MR) is 82.4 cm³/mol. The van der Waals surface area contributed by atoms with Gasteiger partial charge in [-0.3, -0.25) is 0 Å². The minimum atomic E-state index is 1.03. The van der Waals surface area contributed by atoms with Gasteiger partial charge in [-0.1, -0.05) is 47.8 Å². The van der Waals surface area contributed by atoms with Crippen LogP contribution in [0.1, 0.15) is 0 Å². The third-order valence-corrected chi connectivity index (χ3v) is 5.71. The highest BCUT2D eigenvalue weighted by atomic mass is 79.9. The minimum Gasteiger partial charge on any atom is -0.0508 e. The molecule has 0 saturated heterocycles. The average Bonchev–Trinajstić information content (AvgIpc) is 2.12. The van der Waals surface area contributed by atoms with Crippen LogP contribution >= 0.6 is 79.6 Å². The Hall–Kier alpha value is 1.10. The van der Waals surface area contributed by atoms with E-state index in [1.54, 1.807) is 0 Å². The maximum atomic E-state index is 3.57. The molecule has 0 unspecified atom stereocenters. The van der Waals surface area contributed by atoms with E-state index in [4.69, 9.17) is 0 Å². The molecule has 5 heteroatoms. The van der Waals surface area contributed by atoms with Crippen LogP contribution < -0.4 is 0 Å². The normalized spacial score (nSPS) is 11.0. The first kappa shape index (κ1) is 12.6. The summed E-state index contributed by atoms with van der Waals surface area (Å²) in [5, 5.41) is 2.31. The Morgan fingerprint density at radius 2 is 1.27 bits per heavy atom. The van der Waals surface area contributed by atoms with Crippen molar-refractivity contribution in [3.8, 4) is 0 Å². The van der Waals surface area contributed by atoms with Gasteiger partial charge in [0.2, 0.25) is 0 Å². The Balaban J connectivity index is 3.02. The Kier molecular flexibility index (Phi) is 3.99. The van der Waals surface area contributed by atoms with E-state index >= 15 is 0 Å². The molecule has 0 N–H and O–H groups in total. The Labute approximate surface area is 129 Å². The van der Waals surface area contributed by atoms with Crippen molar-refractivity contribution < 1.29 is 0 Å². The van der Waals surface area contributed by atoms with Crippen LogP contribution in [0.15, 0.2) is 40.6 Å². The van der Waals surface area contributed by atoms with Gasteiger partial charge in [0.1, 0.15) is 0 Å². The number of fused-ring (bicyclic) bond motifs is 1. The highest BCUT2D eigenvalue weighted by Crippen LogP contribution is 2.41. The molecule has 0 spiro atoms. The summed E-state index contributed by atoms with van der Waals surface area (Å²) in [6.45, 7) is 0. The third kappa shape index (κ3) is 2.37. The van der Waals surface area contributed by atoms with E-state index in [2.05, 4.69) is 85.7 Å². The summed E-state index contributed by atoms with van der Waals surface area (Å²) >= 11 is 17.7. The van der Waals surface area contributed by atoms with Crippen LogP contribution in [0.3, 0.4) is 0 Å². The molecule has 0 aliphatic rings. The summed E-state index contributed by atoms with van der Waals surface area (Å²) < 4.78 is 5.26. The molecule has 2 aromatic rings. The van der Waals surface area contributed by atoms with Crippen molar-refractivity contribution in [2.45, 2.75) is 0 Å². The van der Waals surface area contributed by atoms with Crippen LogP contribution in [0.2, 0.25) is 0 Å². The lowest BCUT2D eigenvalue weighted by atomic mass is 10.1. The molecular weight excluding hydrogens is 520 g/mol. The molecule has 0 aliphatic carbocycles. The summed E-state index contributed by atoms with van der Waals surface area (Å²) in [6.07, 6.45) is 0. The van der Waals surface area contributed by atoms with Gasteiger partial charge in [-0.15, -0.1) is 0 Å². The maximum absolute atomic E-state index is 3.57. The Morgan fingerprint density at radius 1 is 0.667 bits per heavy atom. The van der Waals surface area contributed by atoms with E-state index in [1.807, 2.05) is 12.1 Å². The molecular formula is C10H3Br5. The van der Waals surface area contributed by atoms with E-state index in [9.17, 15) is 0 Å². The van der Waals surface area contributed by atoms with Gasteiger partial charge in [0.15, 0.2) is 0 Å². The van der Waals surface area contributed by atoms with E-state index in [1.165, 1.54) is 0 Å². The van der Waals surface area contributed by atoms with Crippen molar-refractivity contribution >= 4 is 90.4 Å². The number of rotatable bonds is 0. The standard InChI is InChI=1S/C10H3Br5/c11-4-1-5-9(6(12)2-4)7(13)3-8(14)10(5)15/h1-3H. The summed E-state index contributed by atoms with van der Waals surface area (Å²) in [6, 6.07) is 6.15. The summed E-state index contributed by atoms with van der Waals surface area (Å²) in [7, 11) is 0. The molecule has 0 atom stereocenters. The number of benzene rings is 2. The molecule has 0 radical (unpaired) electrons. The highest BCUT2D eigenvalue weighted by Gasteiger charge is 2.10.